The molecule has 14 rings (SSSR count). The lowest BCUT2D eigenvalue weighted by Crippen LogP contribution is -2.73. The molecule has 13 aliphatic rings. The number of dihydropyridines is 1. The Morgan fingerprint density at radius 3 is 2.58 bits per heavy atom. The van der Waals surface area contributed by atoms with E-state index < -0.39 is 68.1 Å². The highest BCUT2D eigenvalue weighted by molar-refractivity contribution is 5.96. The molecule has 4 bridgehead atoms. The summed E-state index contributed by atoms with van der Waals surface area (Å²) in [4.78, 5) is 16.2. The van der Waals surface area contributed by atoms with Gasteiger partial charge >= 0.3 is 0 Å². The van der Waals surface area contributed by atoms with Gasteiger partial charge in [-0.3, -0.25) is 4.79 Å². The normalized spacial score (nSPS) is 46.5. The molecule has 74 heavy (non-hydrogen) atoms. The van der Waals surface area contributed by atoms with Gasteiger partial charge in [-0.1, -0.05) is 99.6 Å². The molecule has 3 heterocycles. The third-order valence-electron chi connectivity index (χ3n) is 24.3. The molecule has 1 aromatic rings. The van der Waals surface area contributed by atoms with E-state index >= 15 is 4.79 Å². The van der Waals surface area contributed by atoms with Gasteiger partial charge in [-0.05, 0) is 173 Å². The molecule has 0 radical (unpaired) electrons. The smallest absolute Gasteiger partial charge is 0.160 e. The first-order chi connectivity index (χ1) is 35.4. The number of nitrogens with one attached hydrogen (secondary N) is 2. The maximum atomic E-state index is 16.2. The van der Waals surface area contributed by atoms with Crippen LogP contribution in [-0.2, 0) is 27.1 Å². The summed E-state index contributed by atoms with van der Waals surface area (Å²) in [5.41, 5.74) is 5.46. The van der Waals surface area contributed by atoms with Crippen LogP contribution in [0.5, 0.6) is 0 Å². The maximum Gasteiger partial charge on any atom is 0.160 e. The number of fused-ring (bicyclic) bond motifs is 5. The van der Waals surface area contributed by atoms with Crippen LogP contribution in [0.3, 0.4) is 0 Å². The first-order valence-electron chi connectivity index (χ1n) is 29.2. The first-order valence-corrected chi connectivity index (χ1v) is 29.2. The van der Waals surface area contributed by atoms with Gasteiger partial charge in [0.05, 0.1) is 29.7 Å². The van der Waals surface area contributed by atoms with E-state index in [4.69, 9.17) is 15.2 Å². The Morgan fingerprint density at radius 2 is 1.82 bits per heavy atom. The Hall–Kier alpha value is -3.53. The minimum Gasteiger partial charge on any atom is -0.396 e. The van der Waals surface area contributed by atoms with Crippen molar-refractivity contribution < 1.29 is 34.7 Å². The number of epoxide rings is 1. The Labute approximate surface area is 440 Å². The standard InChI is InChI=1S/C64H85N3O7/c1-39-21-28-73-62(31-39,55-54(74-55)58(4,71)56(2,38-68)24-17-40-20-27-67-51(65)29-40)49-19-26-64(72)46-30-47(69)53-45-18-25-60-32-41(36-66-5)33-61(53)52(46)44(34-57(49,64)3)16-15-43-12-7-6-11-42(43)13-10-14-50(63(60,61)35-48(45)70)59(37-60)22-8-9-23-59/h6-7,11-12,18,20,25,29-30,32,39,44-45,48-50,52-55,66-68,70-72H,8-9,13,15-17,19,21-24,26-28,31,33-38,65H2,1-5H3. The van der Waals surface area contributed by atoms with Crippen molar-refractivity contribution >= 4 is 5.78 Å². The summed E-state index contributed by atoms with van der Waals surface area (Å²) in [6, 6.07) is 8.93. The number of carbonyl (C=O) groups is 1. The van der Waals surface area contributed by atoms with Gasteiger partial charge in [0, 0.05) is 65.5 Å². The number of hydrogen-bond acceptors (Lipinski definition) is 10. The number of likely N-dealkylation sites (N-methyl/N-ethyl adjacent to an activating group) is 1. The van der Waals surface area contributed by atoms with Crippen LogP contribution < -0.4 is 16.4 Å². The summed E-state index contributed by atoms with van der Waals surface area (Å²) in [7, 11) is 2.05. The van der Waals surface area contributed by atoms with Crippen molar-refractivity contribution in [2.75, 3.05) is 33.4 Å². The second kappa shape index (κ2) is 17.0. The van der Waals surface area contributed by atoms with Crippen LogP contribution in [0, 0.1) is 85.8 Å². The lowest BCUT2D eigenvalue weighted by atomic mass is 9.30. The van der Waals surface area contributed by atoms with E-state index in [9.17, 15) is 20.4 Å². The molecule has 2 saturated heterocycles. The molecule has 18 unspecified atom stereocenters. The number of benzene rings is 1. The molecule has 10 heteroatoms. The Bertz CT molecular complexity index is 2720. The summed E-state index contributed by atoms with van der Waals surface area (Å²) < 4.78 is 14.3. The van der Waals surface area contributed by atoms with Crippen molar-refractivity contribution in [3.63, 3.8) is 0 Å². The van der Waals surface area contributed by atoms with Crippen LogP contribution >= 0.6 is 0 Å². The fourth-order valence-corrected chi connectivity index (χ4v) is 21.1. The monoisotopic (exact) mass is 1010 g/mol. The number of allylic oxidation sites excluding steroid dienone is 5. The largest absolute Gasteiger partial charge is 0.396 e. The van der Waals surface area contributed by atoms with Crippen molar-refractivity contribution in [2.45, 2.75) is 172 Å². The van der Waals surface area contributed by atoms with Gasteiger partial charge in [-0.25, -0.2) is 0 Å². The van der Waals surface area contributed by atoms with Crippen LogP contribution in [0.15, 0.2) is 83.3 Å². The van der Waals surface area contributed by atoms with E-state index in [1.807, 2.05) is 26.0 Å². The van der Waals surface area contributed by atoms with Crippen LogP contribution in [0.1, 0.15) is 135 Å². The van der Waals surface area contributed by atoms with Crippen LogP contribution in [0.4, 0.5) is 0 Å². The average molecular weight is 1010 g/mol. The Balaban J connectivity index is 0.968. The van der Waals surface area contributed by atoms with Crippen molar-refractivity contribution in [1.82, 2.24) is 10.6 Å². The Morgan fingerprint density at radius 1 is 1.03 bits per heavy atom. The zero-order valence-corrected chi connectivity index (χ0v) is 45.0. The van der Waals surface area contributed by atoms with Gasteiger partial charge in [0.25, 0.3) is 0 Å². The second-order valence-electron chi connectivity index (χ2n) is 27.5. The van der Waals surface area contributed by atoms with E-state index in [0.29, 0.717) is 63.4 Å². The molecule has 18 atom stereocenters. The Kier molecular flexibility index (Phi) is 11.5. The summed E-state index contributed by atoms with van der Waals surface area (Å²) in [5.74, 6) is 8.19. The third-order valence-corrected chi connectivity index (χ3v) is 24.3. The summed E-state index contributed by atoms with van der Waals surface area (Å²) in [5, 5.41) is 58.3. The predicted octanol–water partition coefficient (Wildman–Crippen LogP) is 7.94. The van der Waals surface area contributed by atoms with Gasteiger partial charge in [0.15, 0.2) is 5.78 Å². The highest BCUT2D eigenvalue weighted by Crippen LogP contribution is 2.87. The number of hydrogen-bond donors (Lipinski definition) is 7. The molecular formula is C64H85N3O7. The van der Waals surface area contributed by atoms with E-state index in [-0.39, 0.29) is 47.4 Å². The van der Waals surface area contributed by atoms with E-state index in [2.05, 4.69) is 91.9 Å². The van der Waals surface area contributed by atoms with E-state index in [1.165, 1.54) is 29.5 Å². The minimum atomic E-state index is -1.41. The van der Waals surface area contributed by atoms with Crippen LogP contribution in [0.25, 0.3) is 0 Å². The molecule has 1 aromatic carbocycles. The van der Waals surface area contributed by atoms with E-state index in [0.717, 1.165) is 75.5 Å². The van der Waals surface area contributed by atoms with Crippen molar-refractivity contribution in [2.24, 2.45) is 79.6 Å². The number of aliphatic hydroxyl groups is 4. The number of aryl methyl sites for hydroxylation is 1. The van der Waals surface area contributed by atoms with E-state index in [1.54, 1.807) is 0 Å². The highest BCUT2D eigenvalue weighted by Gasteiger charge is 2.85. The molecule has 10 nitrogen and oxygen atoms in total. The van der Waals surface area contributed by atoms with Gasteiger partial charge in [0.2, 0.25) is 0 Å². The van der Waals surface area contributed by atoms with Crippen LogP contribution in [0.2, 0.25) is 0 Å². The number of carbonyl (C=O) groups excluding carboxylic acids is 1. The van der Waals surface area contributed by atoms with Gasteiger partial charge in [-0.2, -0.15) is 0 Å². The molecule has 398 valence electrons. The van der Waals surface area contributed by atoms with Gasteiger partial charge in [0.1, 0.15) is 17.8 Å². The second-order valence-corrected chi connectivity index (χ2v) is 27.5. The number of ether oxygens (including phenoxy) is 2. The molecule has 0 amide bonds. The zero-order chi connectivity index (χ0) is 51.5. The number of rotatable bonds is 10. The molecule has 0 aromatic heterocycles. The summed E-state index contributed by atoms with van der Waals surface area (Å²) >= 11 is 0. The van der Waals surface area contributed by atoms with Crippen molar-refractivity contribution in [3.05, 3.63) is 94.4 Å². The molecule has 5 saturated carbocycles. The lowest BCUT2D eigenvalue weighted by molar-refractivity contribution is -0.236. The number of nitrogens with two attached hydrogens (primary N) is 1. The fourth-order valence-electron chi connectivity index (χ4n) is 21.1. The predicted molar refractivity (Wildman–Crippen MR) is 286 cm³/mol. The number of aliphatic hydroxyl groups excluding tert-OH is 2. The minimum absolute atomic E-state index is 0.0165. The van der Waals surface area contributed by atoms with Gasteiger partial charge < -0.3 is 46.3 Å². The molecule has 3 aliphatic heterocycles. The SMILES string of the molecule is CNCC1=CC23C=CC4C(O)CC25C(C#CCc2ccccc2CCC2CC6(C)C(C7(C8OC8C(C)(O)C(C)(CO)CCC8=CCNC(N)=C8)CC(C)CCO7)CCC6(O)C6=CC(=O)C4C5(C1)C62)C1(CCCC1)C3. The molecule has 7 fully saturated rings. The maximum absolute atomic E-state index is 16.2. The van der Waals surface area contributed by atoms with Crippen molar-refractivity contribution in [3.8, 4) is 11.8 Å². The quantitative estimate of drug-likeness (QED) is 0.0695. The van der Waals surface area contributed by atoms with Gasteiger partial charge in [-0.15, -0.1) is 0 Å². The third kappa shape index (κ3) is 6.47. The molecule has 8 N–H and O–H groups in total. The molecular weight excluding hydrogens is 923 g/mol. The fraction of sp³-hybridized carbons (Fsp3) is 0.703. The topological polar surface area (TPSA) is 170 Å². The average Bonchev–Trinajstić information content (AvgIpc) is 4.15. The number of ketones is 1. The highest BCUT2D eigenvalue weighted by atomic mass is 16.6. The summed E-state index contributed by atoms with van der Waals surface area (Å²) in [6.45, 7) is 10.2. The first kappa shape index (κ1) is 50.0. The lowest BCUT2D eigenvalue weighted by Gasteiger charge is -2.73. The zero-order valence-electron chi connectivity index (χ0n) is 45.0. The van der Waals surface area contributed by atoms with Crippen LogP contribution in [-0.4, -0.2) is 94.7 Å². The molecule has 10 aliphatic carbocycles. The summed E-state index contributed by atoms with van der Waals surface area (Å²) in [6.07, 6.45) is 26.0. The van der Waals surface area contributed by atoms with Crippen molar-refractivity contribution in [1.29, 1.82) is 0 Å². The molecule has 3 spiro atoms.